The Kier molecular flexibility index (Phi) is 11.3. The molecule has 1 saturated carbocycles. The number of hydrogen-bond donors (Lipinski definition) is 10. The van der Waals surface area contributed by atoms with E-state index in [-0.39, 0.29) is 18.2 Å². The van der Waals surface area contributed by atoms with E-state index in [1.165, 1.54) is 0 Å². The Labute approximate surface area is 228 Å². The SMILES string of the molecule is CNC1C(O[C@H]2OC(CO)[C@@H](NCCCN)C(O)C2O)O[C@H]2CC(N)[C@@H](O[C@H]3CC[C@H](N)CC3N)OC2C1O. The molecule has 0 aromatic carbocycles. The summed E-state index contributed by atoms with van der Waals surface area (Å²) in [4.78, 5) is 0. The highest BCUT2D eigenvalue weighted by molar-refractivity contribution is 5.00. The number of ether oxygens (including phenoxy) is 5. The lowest BCUT2D eigenvalue weighted by atomic mass is 9.88. The molecule has 0 aromatic heterocycles. The molecule has 0 bridgehead atoms. The number of aliphatic hydroxyl groups excluding tert-OH is 4. The summed E-state index contributed by atoms with van der Waals surface area (Å²) in [6.45, 7) is 0.510. The Hall–Kier alpha value is -0.600. The Bertz CT molecular complexity index is 757. The summed E-state index contributed by atoms with van der Waals surface area (Å²) in [6.07, 6.45) is -6.43. The predicted molar refractivity (Wildman–Crippen MR) is 138 cm³/mol. The van der Waals surface area contributed by atoms with Gasteiger partial charge in [0.15, 0.2) is 18.9 Å². The van der Waals surface area contributed by atoms with Crippen molar-refractivity contribution < 1.29 is 44.1 Å². The molecule has 4 aliphatic rings. The number of rotatable bonds is 10. The summed E-state index contributed by atoms with van der Waals surface area (Å²) in [5.74, 6) is 0. The fraction of sp³-hybridized carbons (Fsp3) is 1.00. The lowest BCUT2D eigenvalue weighted by Crippen LogP contribution is -2.70. The number of nitrogens with two attached hydrogens (primary N) is 4. The number of aliphatic hydroxyl groups is 4. The van der Waals surface area contributed by atoms with Gasteiger partial charge in [-0.25, -0.2) is 0 Å². The molecule has 15 atom stereocenters. The van der Waals surface area contributed by atoms with Gasteiger partial charge in [-0.2, -0.15) is 0 Å². The first-order valence-corrected chi connectivity index (χ1v) is 14.0. The first-order chi connectivity index (χ1) is 18.7. The van der Waals surface area contributed by atoms with Gasteiger partial charge in [-0.3, -0.25) is 0 Å². The third-order valence-corrected chi connectivity index (χ3v) is 8.25. The number of likely N-dealkylation sites (N-methyl/N-ethyl adjacent to an activating group) is 1. The number of nitrogens with one attached hydrogen (secondary N) is 2. The van der Waals surface area contributed by atoms with Gasteiger partial charge in [-0.15, -0.1) is 0 Å². The molecule has 3 heterocycles. The van der Waals surface area contributed by atoms with Gasteiger partial charge in [0, 0.05) is 12.1 Å². The molecule has 15 nitrogen and oxygen atoms in total. The van der Waals surface area contributed by atoms with Crippen molar-refractivity contribution in [3.8, 4) is 0 Å². The highest BCUT2D eigenvalue weighted by atomic mass is 16.8. The minimum absolute atomic E-state index is 0.0470. The van der Waals surface area contributed by atoms with Crippen molar-refractivity contribution in [1.29, 1.82) is 0 Å². The predicted octanol–water partition coefficient (Wildman–Crippen LogP) is -4.91. The maximum absolute atomic E-state index is 11.2. The van der Waals surface area contributed by atoms with Crippen LogP contribution in [0.3, 0.4) is 0 Å². The molecule has 1 aliphatic carbocycles. The monoisotopic (exact) mass is 564 g/mol. The van der Waals surface area contributed by atoms with Crippen LogP contribution in [0.25, 0.3) is 0 Å². The topological polar surface area (TPSA) is 255 Å². The van der Waals surface area contributed by atoms with E-state index < -0.39 is 80.2 Å². The second-order valence-electron chi connectivity index (χ2n) is 11.1. The van der Waals surface area contributed by atoms with Crippen molar-refractivity contribution in [2.45, 2.75) is 124 Å². The van der Waals surface area contributed by atoms with Crippen LogP contribution < -0.4 is 33.6 Å². The minimum Gasteiger partial charge on any atom is -0.394 e. The molecule has 4 rings (SSSR count). The zero-order valence-electron chi connectivity index (χ0n) is 22.5. The summed E-state index contributed by atoms with van der Waals surface area (Å²) in [6, 6.07) is -2.24. The quantitative estimate of drug-likeness (QED) is 0.112. The Morgan fingerprint density at radius 3 is 2.28 bits per heavy atom. The first-order valence-electron chi connectivity index (χ1n) is 14.0. The van der Waals surface area contributed by atoms with Crippen molar-refractivity contribution in [2.75, 3.05) is 26.7 Å². The van der Waals surface area contributed by atoms with Gasteiger partial charge >= 0.3 is 0 Å². The van der Waals surface area contributed by atoms with Crippen LogP contribution in [-0.4, -0.2) is 139 Å². The van der Waals surface area contributed by atoms with E-state index in [1.807, 2.05) is 0 Å². The Balaban J connectivity index is 1.39. The van der Waals surface area contributed by atoms with Crippen LogP contribution in [0.15, 0.2) is 0 Å². The van der Waals surface area contributed by atoms with Crippen molar-refractivity contribution in [2.24, 2.45) is 22.9 Å². The average molecular weight is 565 g/mol. The van der Waals surface area contributed by atoms with E-state index in [9.17, 15) is 20.4 Å². The largest absolute Gasteiger partial charge is 0.394 e. The van der Waals surface area contributed by atoms with Crippen LogP contribution in [0.5, 0.6) is 0 Å². The molecule has 3 aliphatic heterocycles. The standard InChI is InChI=1S/C24H48N6O9/c1-29-17-19(33)21-14(8-12(28)22(38-21)35-13-4-3-10(26)7-11(13)27)36-23(17)39-24-20(34)18(32)16(15(9-31)37-24)30-6-2-5-25/h10-24,29-34H,2-9,25-28H2,1H3/t10-,11?,12?,13-,14-,15?,16+,17?,18?,19?,20?,21?,22-,23?,24+/m0/s1. The molecule has 3 saturated heterocycles. The van der Waals surface area contributed by atoms with E-state index in [2.05, 4.69) is 10.6 Å². The van der Waals surface area contributed by atoms with Gasteiger partial charge < -0.3 is 77.7 Å². The van der Waals surface area contributed by atoms with Gasteiger partial charge in [0.25, 0.3) is 0 Å². The van der Waals surface area contributed by atoms with Crippen molar-refractivity contribution in [3.05, 3.63) is 0 Å². The normalized spacial score (nSPS) is 49.0. The molecule has 4 fully saturated rings. The third kappa shape index (κ3) is 7.07. The molecule has 0 amide bonds. The molecule has 9 unspecified atom stereocenters. The summed E-state index contributed by atoms with van der Waals surface area (Å²) in [5.41, 5.74) is 24.2. The van der Waals surface area contributed by atoms with Gasteiger partial charge in [0.2, 0.25) is 0 Å². The minimum atomic E-state index is -1.45. The zero-order valence-corrected chi connectivity index (χ0v) is 22.5. The van der Waals surface area contributed by atoms with Gasteiger partial charge in [0.05, 0.1) is 36.9 Å². The third-order valence-electron chi connectivity index (χ3n) is 8.25. The van der Waals surface area contributed by atoms with Crippen molar-refractivity contribution in [3.63, 3.8) is 0 Å². The molecular formula is C24H48N6O9. The summed E-state index contributed by atoms with van der Waals surface area (Å²) >= 11 is 0. The zero-order chi connectivity index (χ0) is 28.3. The highest BCUT2D eigenvalue weighted by Gasteiger charge is 2.53. The summed E-state index contributed by atoms with van der Waals surface area (Å²) < 4.78 is 30.2. The van der Waals surface area contributed by atoms with Crippen LogP contribution in [0.1, 0.15) is 32.1 Å². The van der Waals surface area contributed by atoms with E-state index in [0.717, 1.165) is 6.42 Å². The second-order valence-corrected chi connectivity index (χ2v) is 11.1. The van der Waals surface area contributed by atoms with Gasteiger partial charge in [0.1, 0.15) is 30.5 Å². The number of fused-ring (bicyclic) bond motifs is 1. The first kappa shape index (κ1) is 31.3. The Morgan fingerprint density at radius 2 is 1.62 bits per heavy atom. The fourth-order valence-electron chi connectivity index (χ4n) is 5.98. The van der Waals surface area contributed by atoms with Crippen LogP contribution in [0.2, 0.25) is 0 Å². The highest BCUT2D eigenvalue weighted by Crippen LogP contribution is 2.35. The van der Waals surface area contributed by atoms with Gasteiger partial charge in [-0.1, -0.05) is 0 Å². The van der Waals surface area contributed by atoms with E-state index in [4.69, 9.17) is 46.6 Å². The molecule has 0 aromatic rings. The smallest absolute Gasteiger partial charge is 0.189 e. The van der Waals surface area contributed by atoms with Crippen LogP contribution >= 0.6 is 0 Å². The molecule has 0 radical (unpaired) electrons. The molecule has 39 heavy (non-hydrogen) atoms. The van der Waals surface area contributed by atoms with Crippen molar-refractivity contribution in [1.82, 2.24) is 10.6 Å². The van der Waals surface area contributed by atoms with Crippen molar-refractivity contribution >= 4 is 0 Å². The van der Waals surface area contributed by atoms with Crippen LogP contribution in [0, 0.1) is 0 Å². The van der Waals surface area contributed by atoms with E-state index in [0.29, 0.717) is 38.8 Å². The van der Waals surface area contributed by atoms with E-state index in [1.54, 1.807) is 7.05 Å². The maximum atomic E-state index is 11.2. The molecular weight excluding hydrogens is 516 g/mol. The summed E-state index contributed by atoms with van der Waals surface area (Å²) in [5, 5.41) is 48.7. The number of hydrogen-bond acceptors (Lipinski definition) is 15. The fourth-order valence-corrected chi connectivity index (χ4v) is 5.98. The van der Waals surface area contributed by atoms with Gasteiger partial charge in [-0.05, 0) is 52.2 Å². The average Bonchev–Trinajstić information content (AvgIpc) is 2.90. The van der Waals surface area contributed by atoms with Crippen LogP contribution in [-0.2, 0) is 23.7 Å². The van der Waals surface area contributed by atoms with Crippen LogP contribution in [0.4, 0.5) is 0 Å². The molecule has 228 valence electrons. The lowest BCUT2D eigenvalue weighted by molar-refractivity contribution is -0.372. The molecule has 15 heteroatoms. The second kappa shape index (κ2) is 14.0. The lowest BCUT2D eigenvalue weighted by Gasteiger charge is -2.51. The Morgan fingerprint density at radius 1 is 0.846 bits per heavy atom. The van der Waals surface area contributed by atoms with E-state index >= 15 is 0 Å². The summed E-state index contributed by atoms with van der Waals surface area (Å²) in [7, 11) is 1.63. The molecule has 14 N–H and O–H groups in total. The molecule has 0 spiro atoms. The maximum Gasteiger partial charge on any atom is 0.189 e.